The number of sulfonamides is 1. The van der Waals surface area contributed by atoms with Gasteiger partial charge in [-0.25, -0.2) is 13.4 Å². The molecule has 1 aromatic carbocycles. The van der Waals surface area contributed by atoms with Crippen molar-refractivity contribution in [2.75, 3.05) is 18.4 Å². The number of hydrogen-bond donors (Lipinski definition) is 2. The number of benzene rings is 1. The van der Waals surface area contributed by atoms with Gasteiger partial charge >= 0.3 is 0 Å². The van der Waals surface area contributed by atoms with Crippen LogP contribution in [0.3, 0.4) is 0 Å². The summed E-state index contributed by atoms with van der Waals surface area (Å²) in [7, 11) is -3.64. The van der Waals surface area contributed by atoms with Crippen LogP contribution in [0.4, 0.5) is 5.13 Å². The first-order chi connectivity index (χ1) is 11.0. The third kappa shape index (κ3) is 3.21. The summed E-state index contributed by atoms with van der Waals surface area (Å²) < 4.78 is 26.5. The van der Waals surface area contributed by atoms with Crippen molar-refractivity contribution in [1.82, 2.24) is 9.29 Å². The molecule has 0 atom stereocenters. The third-order valence-corrected chi connectivity index (χ3v) is 6.15. The lowest BCUT2D eigenvalue weighted by atomic mass is 10.2. The molecule has 1 amide bonds. The number of aromatic nitrogens is 1. The van der Waals surface area contributed by atoms with E-state index in [1.807, 2.05) is 0 Å². The molecule has 1 aliphatic rings. The molecule has 1 fully saturated rings. The maximum Gasteiger partial charge on any atom is 0.261 e. The molecule has 1 aromatic heterocycles. The number of aromatic hydroxyl groups is 1. The van der Waals surface area contributed by atoms with Gasteiger partial charge in [0.25, 0.3) is 5.91 Å². The van der Waals surface area contributed by atoms with Crippen molar-refractivity contribution in [3.05, 3.63) is 35.3 Å². The van der Waals surface area contributed by atoms with Crippen molar-refractivity contribution in [2.45, 2.75) is 17.7 Å². The van der Waals surface area contributed by atoms with Crippen molar-refractivity contribution >= 4 is 32.4 Å². The number of nitrogens with zero attached hydrogens (tertiary/aromatic N) is 2. The number of nitrogens with one attached hydrogen (secondary N) is 1. The number of carbonyl (C=O) groups is 1. The van der Waals surface area contributed by atoms with Gasteiger partial charge in [-0.1, -0.05) is 0 Å². The molecule has 2 N–H and O–H groups in total. The Morgan fingerprint density at radius 1 is 1.30 bits per heavy atom. The Balaban J connectivity index is 1.91. The lowest BCUT2D eigenvalue weighted by molar-refractivity contribution is 0.102. The molecule has 23 heavy (non-hydrogen) atoms. The van der Waals surface area contributed by atoms with Crippen LogP contribution < -0.4 is 5.32 Å². The number of carbonyl (C=O) groups excluding carboxylic acids is 1. The Hall–Kier alpha value is -1.97. The fourth-order valence-corrected chi connectivity index (χ4v) is 4.45. The standard InChI is InChI=1S/C14H15N3O4S2/c18-12-4-3-10(23(20,21)17-6-1-2-7-17)9-11(12)13(19)16-14-15-5-8-22-14/h3-5,8-9,18H,1-2,6-7H2,(H,15,16,19). The number of phenols is 1. The van der Waals surface area contributed by atoms with Gasteiger partial charge < -0.3 is 5.11 Å². The average molecular weight is 353 g/mol. The highest BCUT2D eigenvalue weighted by Crippen LogP contribution is 2.26. The van der Waals surface area contributed by atoms with E-state index in [1.54, 1.807) is 5.38 Å². The van der Waals surface area contributed by atoms with E-state index in [0.29, 0.717) is 18.2 Å². The number of phenolic OH excluding ortho intramolecular Hbond substituents is 1. The Labute approximate surface area is 137 Å². The lowest BCUT2D eigenvalue weighted by Crippen LogP contribution is -2.28. The molecular weight excluding hydrogens is 338 g/mol. The summed E-state index contributed by atoms with van der Waals surface area (Å²) >= 11 is 1.23. The highest BCUT2D eigenvalue weighted by molar-refractivity contribution is 7.89. The molecule has 0 radical (unpaired) electrons. The quantitative estimate of drug-likeness (QED) is 0.874. The van der Waals surface area contributed by atoms with E-state index in [1.165, 1.54) is 40.0 Å². The Morgan fingerprint density at radius 2 is 2.04 bits per heavy atom. The fraction of sp³-hybridized carbons (Fsp3) is 0.286. The van der Waals surface area contributed by atoms with Crippen LogP contribution in [0.2, 0.25) is 0 Å². The van der Waals surface area contributed by atoms with Gasteiger partial charge in [0.1, 0.15) is 5.75 Å². The summed E-state index contributed by atoms with van der Waals surface area (Å²) in [6, 6.07) is 3.73. The smallest absolute Gasteiger partial charge is 0.261 e. The van der Waals surface area contributed by atoms with Gasteiger partial charge in [0.05, 0.1) is 10.5 Å². The lowest BCUT2D eigenvalue weighted by Gasteiger charge is -2.16. The zero-order valence-electron chi connectivity index (χ0n) is 12.1. The van der Waals surface area contributed by atoms with E-state index in [-0.39, 0.29) is 16.2 Å². The van der Waals surface area contributed by atoms with Crippen LogP contribution in [0, 0.1) is 0 Å². The van der Waals surface area contributed by atoms with E-state index in [9.17, 15) is 18.3 Å². The van der Waals surface area contributed by atoms with Gasteiger partial charge in [-0.15, -0.1) is 11.3 Å². The minimum Gasteiger partial charge on any atom is -0.507 e. The highest BCUT2D eigenvalue weighted by Gasteiger charge is 2.28. The molecule has 9 heteroatoms. The second-order valence-corrected chi connectivity index (χ2v) is 7.91. The van der Waals surface area contributed by atoms with Crippen molar-refractivity contribution in [3.63, 3.8) is 0 Å². The van der Waals surface area contributed by atoms with Gasteiger partial charge in [-0.2, -0.15) is 4.31 Å². The summed E-state index contributed by atoms with van der Waals surface area (Å²) in [6.07, 6.45) is 3.19. The van der Waals surface area contributed by atoms with Crippen molar-refractivity contribution < 1.29 is 18.3 Å². The van der Waals surface area contributed by atoms with Crippen LogP contribution in [0.5, 0.6) is 5.75 Å². The normalized spacial score (nSPS) is 15.7. The fourth-order valence-electron chi connectivity index (χ4n) is 2.38. The molecular formula is C14H15N3O4S2. The van der Waals surface area contributed by atoms with E-state index in [2.05, 4.69) is 10.3 Å². The number of thiazole rings is 1. The topological polar surface area (TPSA) is 99.6 Å². The van der Waals surface area contributed by atoms with Crippen molar-refractivity contribution in [1.29, 1.82) is 0 Å². The summed E-state index contributed by atoms with van der Waals surface area (Å²) in [4.78, 5) is 16.1. The number of anilines is 1. The van der Waals surface area contributed by atoms with Crippen molar-refractivity contribution in [3.8, 4) is 5.75 Å². The van der Waals surface area contributed by atoms with E-state index in [4.69, 9.17) is 0 Å². The Kier molecular flexibility index (Phi) is 4.33. The van der Waals surface area contributed by atoms with Crippen LogP contribution in [-0.4, -0.2) is 41.8 Å². The van der Waals surface area contributed by atoms with Crippen LogP contribution in [0.1, 0.15) is 23.2 Å². The number of rotatable bonds is 4. The molecule has 3 rings (SSSR count). The average Bonchev–Trinajstić information content (AvgIpc) is 3.20. The summed E-state index contributed by atoms with van der Waals surface area (Å²) in [5.41, 5.74) is -0.0968. The summed E-state index contributed by atoms with van der Waals surface area (Å²) in [5, 5.41) is 14.5. The predicted molar refractivity (Wildman–Crippen MR) is 86.2 cm³/mol. The zero-order chi connectivity index (χ0) is 16.4. The SMILES string of the molecule is O=C(Nc1nccs1)c1cc(S(=O)(=O)N2CCCC2)ccc1O. The molecule has 0 spiro atoms. The zero-order valence-corrected chi connectivity index (χ0v) is 13.7. The maximum absolute atomic E-state index is 12.5. The molecule has 0 aliphatic carbocycles. The second-order valence-electron chi connectivity index (χ2n) is 5.08. The molecule has 0 bridgehead atoms. The summed E-state index contributed by atoms with van der Waals surface area (Å²) in [6.45, 7) is 0.952. The largest absolute Gasteiger partial charge is 0.507 e. The van der Waals surface area contributed by atoms with E-state index >= 15 is 0 Å². The predicted octanol–water partition coefficient (Wildman–Crippen LogP) is 1.89. The van der Waals surface area contributed by atoms with Crippen LogP contribution in [-0.2, 0) is 10.0 Å². The minimum atomic E-state index is -3.64. The van der Waals surface area contributed by atoms with E-state index < -0.39 is 15.9 Å². The van der Waals surface area contributed by atoms with Crippen LogP contribution in [0.15, 0.2) is 34.7 Å². The second kappa shape index (κ2) is 6.26. The minimum absolute atomic E-state index is 0.00138. The first-order valence-electron chi connectivity index (χ1n) is 7.02. The third-order valence-electron chi connectivity index (χ3n) is 3.57. The monoisotopic (exact) mass is 353 g/mol. The maximum atomic E-state index is 12.5. The molecule has 0 unspecified atom stereocenters. The number of amides is 1. The van der Waals surface area contributed by atoms with Crippen LogP contribution >= 0.6 is 11.3 Å². The highest BCUT2D eigenvalue weighted by atomic mass is 32.2. The molecule has 7 nitrogen and oxygen atoms in total. The molecule has 2 heterocycles. The molecule has 1 saturated heterocycles. The summed E-state index contributed by atoms with van der Waals surface area (Å²) in [5.74, 6) is -0.879. The molecule has 2 aromatic rings. The van der Waals surface area contributed by atoms with Crippen molar-refractivity contribution in [2.24, 2.45) is 0 Å². The van der Waals surface area contributed by atoms with Gasteiger partial charge in [0.2, 0.25) is 10.0 Å². The van der Waals surface area contributed by atoms with E-state index in [0.717, 1.165) is 12.8 Å². The first-order valence-corrected chi connectivity index (χ1v) is 9.34. The molecule has 122 valence electrons. The van der Waals surface area contributed by atoms with Crippen LogP contribution in [0.25, 0.3) is 0 Å². The molecule has 0 saturated carbocycles. The van der Waals surface area contributed by atoms with Gasteiger partial charge in [0, 0.05) is 24.7 Å². The molecule has 1 aliphatic heterocycles. The van der Waals surface area contributed by atoms with Gasteiger partial charge in [-0.05, 0) is 31.0 Å². The van der Waals surface area contributed by atoms with Gasteiger partial charge in [0.15, 0.2) is 5.13 Å². The Bertz CT molecular complexity index is 813. The number of hydrogen-bond acceptors (Lipinski definition) is 6. The Morgan fingerprint density at radius 3 is 2.70 bits per heavy atom. The first kappa shape index (κ1) is 15.9. The van der Waals surface area contributed by atoms with Gasteiger partial charge in [-0.3, -0.25) is 10.1 Å².